The molecule has 1 saturated heterocycles. The molecule has 1 aliphatic heterocycles. The summed E-state index contributed by atoms with van der Waals surface area (Å²) in [6.07, 6.45) is 10.2. The van der Waals surface area contributed by atoms with E-state index in [0.29, 0.717) is 37.4 Å². The minimum Gasteiger partial charge on any atom is -0.465 e. The minimum atomic E-state index is -3.78. The first-order valence-electron chi connectivity index (χ1n) is 10.4. The number of hydrogen-bond donors (Lipinski definition) is 1. The van der Waals surface area contributed by atoms with Gasteiger partial charge in [0.25, 0.3) is 0 Å². The van der Waals surface area contributed by atoms with Gasteiger partial charge in [-0.05, 0) is 56.9 Å². The summed E-state index contributed by atoms with van der Waals surface area (Å²) in [5.74, 6) is 0.674. The molecule has 0 bridgehead atoms. The Kier molecular flexibility index (Phi) is 6.10. The van der Waals surface area contributed by atoms with Crippen molar-refractivity contribution in [3.63, 3.8) is 0 Å². The van der Waals surface area contributed by atoms with Crippen molar-refractivity contribution in [1.82, 2.24) is 14.8 Å². The molecule has 1 amide bonds. The van der Waals surface area contributed by atoms with Gasteiger partial charge < -0.3 is 14.3 Å². The third kappa shape index (κ3) is 4.37. The van der Waals surface area contributed by atoms with E-state index in [1.54, 1.807) is 31.2 Å². The first-order chi connectivity index (χ1) is 14.4. The summed E-state index contributed by atoms with van der Waals surface area (Å²) in [6, 6.07) is 3.79. The molecule has 0 radical (unpaired) electrons. The zero-order valence-corrected chi connectivity index (χ0v) is 17.9. The average molecular weight is 434 g/mol. The molecule has 1 aliphatic carbocycles. The highest BCUT2D eigenvalue weighted by atomic mass is 32.2. The molecule has 2 aromatic rings. The van der Waals surface area contributed by atoms with Crippen molar-refractivity contribution < 1.29 is 22.2 Å². The molecule has 2 aromatic heterocycles. The average Bonchev–Trinajstić information content (AvgIpc) is 3.49. The van der Waals surface area contributed by atoms with Crippen LogP contribution in [0.2, 0.25) is 0 Å². The van der Waals surface area contributed by atoms with Crippen LogP contribution in [-0.4, -0.2) is 42.9 Å². The fourth-order valence-corrected chi connectivity index (χ4v) is 5.94. The highest BCUT2D eigenvalue weighted by Gasteiger charge is 2.36. The van der Waals surface area contributed by atoms with Crippen molar-refractivity contribution in [3.05, 3.63) is 35.6 Å². The Morgan fingerprint density at radius 1 is 1.20 bits per heavy atom. The van der Waals surface area contributed by atoms with E-state index in [9.17, 15) is 13.2 Å². The second-order valence-corrected chi connectivity index (χ2v) is 9.85. The molecule has 162 valence electrons. The van der Waals surface area contributed by atoms with Crippen molar-refractivity contribution in [1.29, 1.82) is 0 Å². The lowest BCUT2D eigenvalue weighted by atomic mass is 9.97. The van der Waals surface area contributed by atoms with E-state index < -0.39 is 10.0 Å². The predicted molar refractivity (Wildman–Crippen MR) is 111 cm³/mol. The SMILES string of the molecule is Cc1noc(/C=C/c2ccco2)c1S(=O)(=O)N1CCC(C(=O)NC2CCCC2)CC1. The smallest absolute Gasteiger partial charge is 0.248 e. The van der Waals surface area contributed by atoms with Gasteiger partial charge in [-0.25, -0.2) is 8.42 Å². The Bertz CT molecular complexity index is 996. The molecule has 2 aliphatic rings. The quantitative estimate of drug-likeness (QED) is 0.750. The second-order valence-electron chi connectivity index (χ2n) is 7.98. The molecule has 30 heavy (non-hydrogen) atoms. The van der Waals surface area contributed by atoms with Crippen LogP contribution in [0.5, 0.6) is 0 Å². The highest BCUT2D eigenvalue weighted by Crippen LogP contribution is 2.29. The predicted octanol–water partition coefficient (Wildman–Crippen LogP) is 3.21. The van der Waals surface area contributed by atoms with Crippen LogP contribution in [0.4, 0.5) is 0 Å². The van der Waals surface area contributed by atoms with Crippen molar-refractivity contribution in [2.45, 2.75) is 56.4 Å². The van der Waals surface area contributed by atoms with Crippen molar-refractivity contribution >= 4 is 28.1 Å². The van der Waals surface area contributed by atoms with E-state index in [0.717, 1.165) is 25.7 Å². The van der Waals surface area contributed by atoms with E-state index >= 15 is 0 Å². The van der Waals surface area contributed by atoms with Crippen LogP contribution in [0, 0.1) is 12.8 Å². The van der Waals surface area contributed by atoms with E-state index in [2.05, 4.69) is 10.5 Å². The van der Waals surface area contributed by atoms with Gasteiger partial charge in [-0.2, -0.15) is 4.31 Å². The van der Waals surface area contributed by atoms with Crippen LogP contribution >= 0.6 is 0 Å². The molecule has 4 rings (SSSR count). The summed E-state index contributed by atoms with van der Waals surface area (Å²) in [4.78, 5) is 12.6. The zero-order valence-electron chi connectivity index (χ0n) is 17.0. The summed E-state index contributed by atoms with van der Waals surface area (Å²) >= 11 is 0. The largest absolute Gasteiger partial charge is 0.465 e. The van der Waals surface area contributed by atoms with Crippen LogP contribution in [0.25, 0.3) is 12.2 Å². The molecule has 1 N–H and O–H groups in total. The number of carbonyl (C=O) groups is 1. The number of piperidine rings is 1. The third-order valence-electron chi connectivity index (χ3n) is 5.90. The highest BCUT2D eigenvalue weighted by molar-refractivity contribution is 7.89. The Labute approximate surface area is 176 Å². The van der Waals surface area contributed by atoms with Gasteiger partial charge in [0, 0.05) is 25.0 Å². The molecular formula is C21H27N3O5S. The van der Waals surface area contributed by atoms with E-state index in [1.165, 1.54) is 10.6 Å². The first-order valence-corrected chi connectivity index (χ1v) is 11.9. The van der Waals surface area contributed by atoms with E-state index in [-0.39, 0.29) is 28.5 Å². The molecule has 9 heteroatoms. The normalized spacial score (nSPS) is 19.6. The fourth-order valence-electron chi connectivity index (χ4n) is 4.22. The number of rotatable bonds is 6. The van der Waals surface area contributed by atoms with Gasteiger partial charge in [0.2, 0.25) is 15.9 Å². The Morgan fingerprint density at radius 3 is 2.60 bits per heavy atom. The number of carbonyl (C=O) groups excluding carboxylic acids is 1. The maximum absolute atomic E-state index is 13.3. The van der Waals surface area contributed by atoms with Gasteiger partial charge in [-0.15, -0.1) is 0 Å². The van der Waals surface area contributed by atoms with E-state index in [4.69, 9.17) is 8.94 Å². The lowest BCUT2D eigenvalue weighted by Gasteiger charge is -2.31. The molecule has 0 aromatic carbocycles. The maximum atomic E-state index is 13.3. The minimum absolute atomic E-state index is 0.0576. The third-order valence-corrected chi connectivity index (χ3v) is 7.96. The first kappa shape index (κ1) is 20.9. The number of nitrogens with one attached hydrogen (secondary N) is 1. The van der Waals surface area contributed by atoms with Crippen LogP contribution < -0.4 is 5.32 Å². The molecule has 0 spiro atoms. The molecule has 1 saturated carbocycles. The summed E-state index contributed by atoms with van der Waals surface area (Å²) in [5.41, 5.74) is 0.315. The Balaban J connectivity index is 1.43. The van der Waals surface area contributed by atoms with Crippen LogP contribution in [0.3, 0.4) is 0 Å². The van der Waals surface area contributed by atoms with Crippen molar-refractivity contribution in [3.8, 4) is 0 Å². The van der Waals surface area contributed by atoms with E-state index in [1.807, 2.05) is 0 Å². The molecular weight excluding hydrogens is 406 g/mol. The summed E-state index contributed by atoms with van der Waals surface area (Å²) in [7, 11) is -3.78. The zero-order chi connectivity index (χ0) is 21.1. The van der Waals surface area contributed by atoms with Gasteiger partial charge in [-0.1, -0.05) is 18.0 Å². The van der Waals surface area contributed by atoms with Gasteiger partial charge in [-0.3, -0.25) is 4.79 Å². The number of hydrogen-bond acceptors (Lipinski definition) is 6. The second kappa shape index (κ2) is 8.77. The Hall–Kier alpha value is -2.39. The standard InChI is InChI=1S/C21H27N3O5S/c1-15-20(19(29-23-15)9-8-18-7-4-14-28-18)30(26,27)24-12-10-16(11-13-24)21(25)22-17-5-2-3-6-17/h4,7-9,14,16-17H,2-3,5-6,10-13H2,1H3,(H,22,25)/b9-8+. The number of furan rings is 1. The van der Waals surface area contributed by atoms with Crippen LogP contribution in [0.1, 0.15) is 55.7 Å². The van der Waals surface area contributed by atoms with Crippen LogP contribution in [0.15, 0.2) is 32.2 Å². The number of aryl methyl sites for hydroxylation is 1. The lowest BCUT2D eigenvalue weighted by Crippen LogP contribution is -2.45. The summed E-state index contributed by atoms with van der Waals surface area (Å²) < 4.78 is 38.5. The topological polar surface area (TPSA) is 106 Å². The monoisotopic (exact) mass is 433 g/mol. The van der Waals surface area contributed by atoms with Gasteiger partial charge >= 0.3 is 0 Å². The van der Waals surface area contributed by atoms with Crippen LogP contribution in [-0.2, 0) is 14.8 Å². The number of nitrogens with zero attached hydrogens (tertiary/aromatic N) is 2. The molecule has 2 fully saturated rings. The van der Waals surface area contributed by atoms with Gasteiger partial charge in [0.15, 0.2) is 10.7 Å². The lowest BCUT2D eigenvalue weighted by molar-refractivity contribution is -0.126. The van der Waals surface area contributed by atoms with Crippen molar-refractivity contribution in [2.75, 3.05) is 13.1 Å². The Morgan fingerprint density at radius 2 is 1.93 bits per heavy atom. The summed E-state index contributed by atoms with van der Waals surface area (Å²) in [6.45, 7) is 2.22. The molecule has 0 atom stereocenters. The number of amides is 1. The maximum Gasteiger partial charge on any atom is 0.248 e. The molecule has 0 unspecified atom stereocenters. The fraction of sp³-hybridized carbons (Fsp3) is 0.524. The number of aromatic nitrogens is 1. The number of sulfonamides is 1. The molecule has 8 nitrogen and oxygen atoms in total. The van der Waals surface area contributed by atoms with Gasteiger partial charge in [0.1, 0.15) is 11.5 Å². The van der Waals surface area contributed by atoms with Gasteiger partial charge in [0.05, 0.1) is 6.26 Å². The molecule has 3 heterocycles. The summed E-state index contributed by atoms with van der Waals surface area (Å²) in [5, 5.41) is 6.98. The van der Waals surface area contributed by atoms with Crippen molar-refractivity contribution in [2.24, 2.45) is 5.92 Å².